The Hall–Kier alpha value is -1.18. The Morgan fingerprint density at radius 3 is 2.94 bits per heavy atom. The molecule has 0 aromatic heterocycles. The summed E-state index contributed by atoms with van der Waals surface area (Å²) in [6.07, 6.45) is 1.35. The van der Waals surface area contributed by atoms with E-state index in [1.54, 1.807) is 0 Å². The van der Waals surface area contributed by atoms with Crippen molar-refractivity contribution in [1.29, 1.82) is 5.26 Å². The minimum Gasteiger partial charge on any atom is -0.489 e. The zero-order valence-electron chi connectivity index (χ0n) is 10.1. The number of likely N-dealkylation sites (tertiary alicyclic amines) is 1. The molecule has 0 radical (unpaired) electrons. The summed E-state index contributed by atoms with van der Waals surface area (Å²) in [5.41, 5.74) is 1.13. The van der Waals surface area contributed by atoms with Gasteiger partial charge in [-0.15, -0.1) is 0 Å². The van der Waals surface area contributed by atoms with Crippen LogP contribution in [0.2, 0.25) is 0 Å². The highest BCUT2D eigenvalue weighted by Gasteiger charge is 2.20. The van der Waals surface area contributed by atoms with Gasteiger partial charge in [0.15, 0.2) is 0 Å². The molecule has 0 aliphatic carbocycles. The smallest absolute Gasteiger partial charge is 0.138 e. The number of hydrogen-bond donors (Lipinski definition) is 0. The molecule has 0 spiro atoms. The van der Waals surface area contributed by atoms with Crippen LogP contribution in [0.15, 0.2) is 23.1 Å². The van der Waals surface area contributed by atoms with E-state index in [2.05, 4.69) is 17.3 Å². The molecule has 1 aliphatic rings. The number of rotatable bonds is 3. The van der Waals surface area contributed by atoms with E-state index in [1.807, 2.05) is 25.1 Å². The van der Waals surface area contributed by atoms with Gasteiger partial charge in [0.05, 0.1) is 0 Å². The topological polar surface area (TPSA) is 36.3 Å². The molecule has 0 saturated carbocycles. The van der Waals surface area contributed by atoms with Crippen LogP contribution in [0.3, 0.4) is 0 Å². The van der Waals surface area contributed by atoms with E-state index in [9.17, 15) is 0 Å². The lowest BCUT2D eigenvalue weighted by atomic mass is 10.2. The fourth-order valence-corrected chi connectivity index (χ4v) is 2.60. The first-order valence-corrected chi connectivity index (χ1v) is 6.52. The number of aryl methyl sites for hydroxylation is 1. The Bertz CT molecular complexity index is 442. The molecule has 1 aliphatic heterocycles. The van der Waals surface area contributed by atoms with E-state index < -0.39 is 0 Å². The average Bonchev–Trinajstić information content (AvgIpc) is 2.63. The predicted octanol–water partition coefficient (Wildman–Crippen LogP) is 2.65. The Labute approximate surface area is 106 Å². The summed E-state index contributed by atoms with van der Waals surface area (Å²) < 4.78 is 5.95. The predicted molar refractivity (Wildman–Crippen MR) is 69.2 cm³/mol. The molecule has 0 N–H and O–H groups in total. The van der Waals surface area contributed by atoms with Crippen LogP contribution in [0.5, 0.6) is 5.75 Å². The minimum absolute atomic E-state index is 0.279. The molecular formula is C13H16N2OS. The van der Waals surface area contributed by atoms with Crippen molar-refractivity contribution in [2.75, 3.05) is 20.1 Å². The molecule has 0 bridgehead atoms. The molecule has 1 aromatic carbocycles. The molecule has 1 fully saturated rings. The molecule has 4 heteroatoms. The first-order valence-electron chi connectivity index (χ1n) is 5.70. The first-order chi connectivity index (χ1) is 8.17. The van der Waals surface area contributed by atoms with Crippen molar-refractivity contribution in [2.24, 2.45) is 0 Å². The van der Waals surface area contributed by atoms with Crippen molar-refractivity contribution in [2.45, 2.75) is 24.3 Å². The minimum atomic E-state index is 0.279. The first kappa shape index (κ1) is 12.3. The molecule has 1 aromatic rings. The van der Waals surface area contributed by atoms with E-state index in [0.29, 0.717) is 0 Å². The van der Waals surface area contributed by atoms with Crippen LogP contribution in [0.1, 0.15) is 12.0 Å². The van der Waals surface area contributed by atoms with Crippen LogP contribution in [-0.4, -0.2) is 31.1 Å². The Balaban J connectivity index is 2.07. The average molecular weight is 248 g/mol. The van der Waals surface area contributed by atoms with Crippen molar-refractivity contribution in [1.82, 2.24) is 4.90 Å². The summed E-state index contributed by atoms with van der Waals surface area (Å²) in [7, 11) is 2.11. The quantitative estimate of drug-likeness (QED) is 0.608. The van der Waals surface area contributed by atoms with Crippen molar-refractivity contribution in [3.8, 4) is 11.2 Å². The summed E-state index contributed by atoms with van der Waals surface area (Å²) in [5.74, 6) is 0.878. The highest BCUT2D eigenvalue weighted by Crippen LogP contribution is 2.26. The maximum atomic E-state index is 8.69. The standard InChI is InChI=1S/C13H16N2OS/c1-10-5-12(7-13(6-10)17-9-14)16-11-3-4-15(2)8-11/h5-7,11H,3-4,8H2,1-2H3/t11-/m0/s1. The van der Waals surface area contributed by atoms with Gasteiger partial charge in [-0.2, -0.15) is 5.26 Å². The summed E-state index contributed by atoms with van der Waals surface area (Å²) in [6.45, 7) is 4.10. The van der Waals surface area contributed by atoms with Crippen LogP contribution in [-0.2, 0) is 0 Å². The molecule has 17 heavy (non-hydrogen) atoms. The number of nitriles is 1. The third kappa shape index (κ3) is 3.39. The van der Waals surface area contributed by atoms with E-state index in [-0.39, 0.29) is 6.10 Å². The number of nitrogens with zero attached hydrogens (tertiary/aromatic N) is 2. The number of thiocyanates is 1. The van der Waals surface area contributed by atoms with E-state index >= 15 is 0 Å². The Morgan fingerprint density at radius 2 is 2.29 bits per heavy atom. The van der Waals surface area contributed by atoms with Crippen molar-refractivity contribution in [3.05, 3.63) is 23.8 Å². The van der Waals surface area contributed by atoms with Gasteiger partial charge in [-0.25, -0.2) is 0 Å². The van der Waals surface area contributed by atoms with Crippen molar-refractivity contribution < 1.29 is 4.74 Å². The SMILES string of the molecule is Cc1cc(O[C@H]2CCN(C)C2)cc(SC#N)c1. The second-order valence-corrected chi connectivity index (χ2v) is 5.32. The maximum absolute atomic E-state index is 8.69. The van der Waals surface area contributed by atoms with E-state index in [4.69, 9.17) is 10.00 Å². The van der Waals surface area contributed by atoms with Gasteiger partial charge in [-0.05, 0) is 55.9 Å². The van der Waals surface area contributed by atoms with Crippen LogP contribution < -0.4 is 4.74 Å². The van der Waals surface area contributed by atoms with Gasteiger partial charge < -0.3 is 9.64 Å². The molecule has 0 amide bonds. The molecular weight excluding hydrogens is 232 g/mol. The monoisotopic (exact) mass is 248 g/mol. The number of benzene rings is 1. The highest BCUT2D eigenvalue weighted by molar-refractivity contribution is 8.03. The fourth-order valence-electron chi connectivity index (χ4n) is 2.08. The van der Waals surface area contributed by atoms with E-state index in [0.717, 1.165) is 35.7 Å². The number of likely N-dealkylation sites (N-methyl/N-ethyl adjacent to an activating group) is 1. The summed E-state index contributed by atoms with van der Waals surface area (Å²) in [5, 5.41) is 10.8. The molecule has 2 rings (SSSR count). The number of thioether (sulfide) groups is 1. The van der Waals surface area contributed by atoms with Crippen LogP contribution >= 0.6 is 11.8 Å². The molecule has 1 atom stereocenters. The fraction of sp³-hybridized carbons (Fsp3) is 0.462. The summed E-state index contributed by atoms with van der Waals surface area (Å²) in [6, 6.07) is 5.97. The zero-order chi connectivity index (χ0) is 12.3. The normalized spacial score (nSPS) is 20.2. The summed E-state index contributed by atoms with van der Waals surface area (Å²) in [4.78, 5) is 3.22. The molecule has 3 nitrogen and oxygen atoms in total. The Kier molecular flexibility index (Phi) is 3.93. The molecule has 0 unspecified atom stereocenters. The second kappa shape index (κ2) is 5.44. The Morgan fingerprint density at radius 1 is 1.47 bits per heavy atom. The van der Waals surface area contributed by atoms with Crippen molar-refractivity contribution in [3.63, 3.8) is 0 Å². The number of ether oxygens (including phenoxy) is 1. The second-order valence-electron chi connectivity index (χ2n) is 4.47. The van der Waals surface area contributed by atoms with Crippen LogP contribution in [0, 0.1) is 17.6 Å². The van der Waals surface area contributed by atoms with Gasteiger partial charge in [0.2, 0.25) is 0 Å². The maximum Gasteiger partial charge on any atom is 0.138 e. The van der Waals surface area contributed by atoms with Gasteiger partial charge >= 0.3 is 0 Å². The van der Waals surface area contributed by atoms with Gasteiger partial charge in [0.1, 0.15) is 17.3 Å². The lowest BCUT2D eigenvalue weighted by Gasteiger charge is -2.14. The zero-order valence-corrected chi connectivity index (χ0v) is 11.0. The summed E-state index contributed by atoms with van der Waals surface area (Å²) >= 11 is 1.18. The molecule has 1 saturated heterocycles. The van der Waals surface area contributed by atoms with Gasteiger partial charge in [-0.3, -0.25) is 0 Å². The molecule has 1 heterocycles. The lowest BCUT2D eigenvalue weighted by Crippen LogP contribution is -2.21. The van der Waals surface area contributed by atoms with Gasteiger partial charge in [0.25, 0.3) is 0 Å². The third-order valence-electron chi connectivity index (χ3n) is 2.84. The van der Waals surface area contributed by atoms with Gasteiger partial charge in [-0.1, -0.05) is 0 Å². The third-order valence-corrected chi connectivity index (χ3v) is 3.40. The molecule has 90 valence electrons. The van der Waals surface area contributed by atoms with Crippen LogP contribution in [0.25, 0.3) is 0 Å². The van der Waals surface area contributed by atoms with Crippen LogP contribution in [0.4, 0.5) is 0 Å². The highest BCUT2D eigenvalue weighted by atomic mass is 32.2. The van der Waals surface area contributed by atoms with Gasteiger partial charge in [0, 0.05) is 18.0 Å². The van der Waals surface area contributed by atoms with E-state index in [1.165, 1.54) is 11.8 Å². The van der Waals surface area contributed by atoms with Crippen molar-refractivity contribution >= 4 is 11.8 Å². The number of hydrogen-bond acceptors (Lipinski definition) is 4. The largest absolute Gasteiger partial charge is 0.489 e. The lowest BCUT2D eigenvalue weighted by molar-refractivity contribution is 0.207.